The Bertz CT molecular complexity index is 614. The molecule has 1 rings (SSSR count). The Balaban J connectivity index is 3.33. The van der Waals surface area contributed by atoms with E-state index in [0.717, 1.165) is 12.1 Å². The summed E-state index contributed by atoms with van der Waals surface area (Å²) >= 11 is 0. The molecular weight excluding hydrogens is 259 g/mol. The van der Waals surface area contributed by atoms with Crippen molar-refractivity contribution in [2.45, 2.75) is 4.90 Å². The van der Waals surface area contributed by atoms with Crippen molar-refractivity contribution in [2.75, 3.05) is 18.8 Å². The van der Waals surface area contributed by atoms with Gasteiger partial charge in [-0.2, -0.15) is 14.8 Å². The second-order valence-corrected chi connectivity index (χ2v) is 5.15. The molecule has 8 heteroatoms. The average molecular weight is 268 g/mol. The van der Waals surface area contributed by atoms with Gasteiger partial charge in [0.2, 0.25) is 10.0 Å². The van der Waals surface area contributed by atoms with Gasteiger partial charge in [0, 0.05) is 0 Å². The molecule has 0 amide bonds. The molecule has 0 fully saturated rings. The van der Waals surface area contributed by atoms with Gasteiger partial charge in [0.1, 0.15) is 23.8 Å². The van der Waals surface area contributed by atoms with Crippen LogP contribution in [0.2, 0.25) is 0 Å². The molecule has 0 spiro atoms. The van der Waals surface area contributed by atoms with E-state index >= 15 is 0 Å². The lowest BCUT2D eigenvalue weighted by atomic mass is 10.3. The van der Waals surface area contributed by atoms with Crippen molar-refractivity contribution in [1.29, 1.82) is 10.5 Å². The van der Waals surface area contributed by atoms with Gasteiger partial charge >= 0.3 is 0 Å². The van der Waals surface area contributed by atoms with Crippen molar-refractivity contribution < 1.29 is 12.8 Å². The second kappa shape index (κ2) is 5.45. The summed E-state index contributed by atoms with van der Waals surface area (Å²) in [5.74, 6) is -0.870. The van der Waals surface area contributed by atoms with Crippen LogP contribution in [0.15, 0.2) is 23.1 Å². The normalized spacial score (nSPS) is 10.9. The summed E-state index contributed by atoms with van der Waals surface area (Å²) in [5, 5.41) is 17.1. The molecule has 0 atom stereocenters. The number of nitrogens with zero attached hydrogens (tertiary/aromatic N) is 3. The highest BCUT2D eigenvalue weighted by Crippen LogP contribution is 2.24. The minimum Gasteiger partial charge on any atom is -0.395 e. The summed E-state index contributed by atoms with van der Waals surface area (Å²) in [6.07, 6.45) is 0. The van der Waals surface area contributed by atoms with Gasteiger partial charge in [0.25, 0.3) is 0 Å². The molecule has 6 nitrogen and oxygen atoms in total. The van der Waals surface area contributed by atoms with Gasteiger partial charge in [0.05, 0.1) is 17.8 Å². The zero-order chi connectivity index (χ0) is 13.8. The van der Waals surface area contributed by atoms with E-state index in [2.05, 4.69) is 0 Å². The number of halogens is 1. The third-order valence-electron chi connectivity index (χ3n) is 2.12. The Kier molecular flexibility index (Phi) is 4.21. The number of nitrogens with two attached hydrogens (primary N) is 1. The summed E-state index contributed by atoms with van der Waals surface area (Å²) in [6, 6.07) is 6.58. The van der Waals surface area contributed by atoms with Gasteiger partial charge in [0.15, 0.2) is 0 Å². The fourth-order valence-electron chi connectivity index (χ4n) is 1.26. The highest BCUT2D eigenvalue weighted by Gasteiger charge is 2.27. The fraction of sp³-hybridized carbons (Fsp3) is 0.200. The maximum Gasteiger partial charge on any atom is 0.247 e. The van der Waals surface area contributed by atoms with E-state index < -0.39 is 39.5 Å². The molecule has 18 heavy (non-hydrogen) atoms. The molecule has 0 bridgehead atoms. The summed E-state index contributed by atoms with van der Waals surface area (Å²) in [7, 11) is -4.16. The van der Waals surface area contributed by atoms with Crippen LogP contribution >= 0.6 is 0 Å². The van der Waals surface area contributed by atoms with Crippen molar-refractivity contribution >= 4 is 15.7 Å². The van der Waals surface area contributed by atoms with E-state index in [4.69, 9.17) is 16.3 Å². The fourth-order valence-corrected chi connectivity index (χ4v) is 2.62. The summed E-state index contributed by atoms with van der Waals surface area (Å²) in [4.78, 5) is -0.451. The first kappa shape index (κ1) is 13.9. The molecule has 0 aliphatic carbocycles. The number of anilines is 1. The van der Waals surface area contributed by atoms with Crippen LogP contribution < -0.4 is 5.73 Å². The van der Waals surface area contributed by atoms with Crippen LogP contribution in [0.25, 0.3) is 0 Å². The number of nitriles is 2. The molecule has 2 N–H and O–H groups in total. The van der Waals surface area contributed by atoms with Crippen molar-refractivity contribution in [3.05, 3.63) is 24.0 Å². The highest BCUT2D eigenvalue weighted by molar-refractivity contribution is 7.89. The first-order valence-electron chi connectivity index (χ1n) is 4.73. The standard InChI is InChI=1S/C10H9FN4O2S/c11-8-2-1-3-9(10(8)14)18(16,17)15(6-4-12)7-5-13/h1-3H,6-7,14H2. The van der Waals surface area contributed by atoms with Crippen LogP contribution in [0, 0.1) is 28.5 Å². The van der Waals surface area contributed by atoms with Gasteiger partial charge in [-0.05, 0) is 12.1 Å². The molecule has 0 heterocycles. The third kappa shape index (κ3) is 2.56. The quantitative estimate of drug-likeness (QED) is 0.629. The molecule has 94 valence electrons. The molecule has 0 aliphatic rings. The number of para-hydroxylation sites is 1. The van der Waals surface area contributed by atoms with E-state index in [9.17, 15) is 12.8 Å². The summed E-state index contributed by atoms with van der Waals surface area (Å²) in [5.41, 5.74) is 4.82. The van der Waals surface area contributed by atoms with Crippen molar-refractivity contribution in [1.82, 2.24) is 4.31 Å². The predicted molar refractivity (Wildman–Crippen MR) is 60.8 cm³/mol. The topological polar surface area (TPSA) is 111 Å². The minimum atomic E-state index is -4.16. The lowest BCUT2D eigenvalue weighted by Gasteiger charge is -2.17. The number of sulfonamides is 1. The van der Waals surface area contributed by atoms with Crippen LogP contribution in [0.5, 0.6) is 0 Å². The predicted octanol–water partition coefficient (Wildman–Crippen LogP) is 0.446. The molecule has 1 aromatic rings. The maximum absolute atomic E-state index is 13.2. The molecule has 0 aromatic heterocycles. The van der Waals surface area contributed by atoms with Gasteiger partial charge in [-0.15, -0.1) is 0 Å². The Morgan fingerprint density at radius 3 is 2.33 bits per heavy atom. The molecule has 0 unspecified atom stereocenters. The Morgan fingerprint density at radius 1 is 1.28 bits per heavy atom. The number of hydrogen-bond acceptors (Lipinski definition) is 5. The number of benzene rings is 1. The van der Waals surface area contributed by atoms with E-state index in [1.807, 2.05) is 0 Å². The Morgan fingerprint density at radius 2 is 1.83 bits per heavy atom. The zero-order valence-corrected chi connectivity index (χ0v) is 9.98. The monoisotopic (exact) mass is 268 g/mol. The first-order valence-corrected chi connectivity index (χ1v) is 6.17. The van der Waals surface area contributed by atoms with Crippen LogP contribution in [0.1, 0.15) is 0 Å². The lowest BCUT2D eigenvalue weighted by molar-refractivity contribution is 0.479. The average Bonchev–Trinajstić information content (AvgIpc) is 2.32. The van der Waals surface area contributed by atoms with Gasteiger partial charge in [-0.25, -0.2) is 12.8 Å². The van der Waals surface area contributed by atoms with Gasteiger partial charge in [-0.1, -0.05) is 6.07 Å². The smallest absolute Gasteiger partial charge is 0.247 e. The molecule has 1 aromatic carbocycles. The van der Waals surface area contributed by atoms with E-state index in [1.165, 1.54) is 6.07 Å². The van der Waals surface area contributed by atoms with E-state index in [1.54, 1.807) is 12.1 Å². The molecule has 0 saturated carbocycles. The molecule has 0 saturated heterocycles. The van der Waals surface area contributed by atoms with Crippen molar-refractivity contribution in [3.63, 3.8) is 0 Å². The third-order valence-corrected chi connectivity index (χ3v) is 3.97. The van der Waals surface area contributed by atoms with E-state index in [-0.39, 0.29) is 0 Å². The SMILES string of the molecule is N#CCN(CC#N)S(=O)(=O)c1cccc(F)c1N. The van der Waals surface area contributed by atoms with Crippen LogP contribution in [0.3, 0.4) is 0 Å². The van der Waals surface area contributed by atoms with Crippen LogP contribution in [-0.4, -0.2) is 25.8 Å². The Labute approximate surface area is 104 Å². The van der Waals surface area contributed by atoms with Crippen LogP contribution in [-0.2, 0) is 10.0 Å². The first-order chi connectivity index (χ1) is 8.45. The number of rotatable bonds is 4. The van der Waals surface area contributed by atoms with Gasteiger partial charge in [-0.3, -0.25) is 0 Å². The van der Waals surface area contributed by atoms with Crippen LogP contribution in [0.4, 0.5) is 10.1 Å². The summed E-state index contributed by atoms with van der Waals surface area (Å²) < 4.78 is 38.0. The lowest BCUT2D eigenvalue weighted by Crippen LogP contribution is -2.32. The largest absolute Gasteiger partial charge is 0.395 e. The summed E-state index contributed by atoms with van der Waals surface area (Å²) in [6.45, 7) is -1.02. The second-order valence-electron chi connectivity index (χ2n) is 3.24. The molecular formula is C10H9FN4O2S. The molecule has 0 aliphatic heterocycles. The van der Waals surface area contributed by atoms with E-state index in [0.29, 0.717) is 4.31 Å². The Hall–Kier alpha value is -2.16. The number of nitrogen functional groups attached to an aromatic ring is 1. The van der Waals surface area contributed by atoms with Crippen molar-refractivity contribution in [2.24, 2.45) is 0 Å². The zero-order valence-electron chi connectivity index (χ0n) is 9.17. The van der Waals surface area contributed by atoms with Gasteiger partial charge < -0.3 is 5.73 Å². The minimum absolute atomic E-state index is 0.451. The van der Waals surface area contributed by atoms with Crippen molar-refractivity contribution in [3.8, 4) is 12.1 Å². The molecule has 0 radical (unpaired) electrons. The highest BCUT2D eigenvalue weighted by atomic mass is 32.2. The maximum atomic E-state index is 13.2. The number of hydrogen-bond donors (Lipinski definition) is 1.